The maximum atomic E-state index is 13.2. The van der Waals surface area contributed by atoms with E-state index in [0.717, 1.165) is 97.6 Å². The second-order valence-electron chi connectivity index (χ2n) is 14.3. The molecule has 6 heteroatoms. The third kappa shape index (κ3) is 16.5. The Morgan fingerprint density at radius 2 is 1.38 bits per heavy atom. The molecule has 0 aromatic heterocycles. The van der Waals surface area contributed by atoms with Crippen molar-refractivity contribution in [2.75, 3.05) is 45.9 Å². The molecule has 2 aliphatic rings. The number of benzene rings is 2. The first kappa shape index (κ1) is 38.7. The second-order valence-corrected chi connectivity index (χ2v) is 14.3. The molecule has 0 aliphatic carbocycles. The topological polar surface area (TPSA) is 54.0 Å². The van der Waals surface area contributed by atoms with Gasteiger partial charge < -0.3 is 14.8 Å². The van der Waals surface area contributed by atoms with Crippen molar-refractivity contribution in [1.29, 1.82) is 0 Å². The summed E-state index contributed by atoms with van der Waals surface area (Å²) in [5.41, 5.74) is 2.76. The van der Waals surface area contributed by atoms with Crippen LogP contribution in [0.5, 0.6) is 0 Å². The van der Waals surface area contributed by atoms with Crippen LogP contribution in [0.15, 0.2) is 60.7 Å². The molecule has 1 N–H and O–H groups in total. The number of piperidine rings is 1. The summed E-state index contributed by atoms with van der Waals surface area (Å²) in [6, 6.07) is 21.8. The maximum absolute atomic E-state index is 13.2. The highest BCUT2D eigenvalue weighted by Crippen LogP contribution is 2.21. The van der Waals surface area contributed by atoms with E-state index in [1.54, 1.807) is 0 Å². The molecule has 2 aliphatic heterocycles. The van der Waals surface area contributed by atoms with Gasteiger partial charge in [0.1, 0.15) is 5.78 Å². The molecule has 2 aromatic carbocycles. The van der Waals surface area contributed by atoms with Gasteiger partial charge in [-0.2, -0.15) is 0 Å². The van der Waals surface area contributed by atoms with Crippen molar-refractivity contribution in [3.8, 4) is 0 Å². The van der Waals surface area contributed by atoms with E-state index in [1.165, 1.54) is 88.2 Å². The summed E-state index contributed by atoms with van der Waals surface area (Å²) in [7, 11) is 0. The van der Waals surface area contributed by atoms with E-state index >= 15 is 0 Å². The van der Waals surface area contributed by atoms with Crippen LogP contribution in [0.1, 0.15) is 127 Å². The molecule has 0 radical (unpaired) electrons. The Bertz CT molecular complexity index is 1020. The lowest BCUT2D eigenvalue weighted by molar-refractivity contribution is -0.162. The van der Waals surface area contributed by atoms with E-state index < -0.39 is 0 Å². The van der Waals surface area contributed by atoms with Gasteiger partial charge in [0, 0.05) is 39.3 Å². The number of hydrogen-bond donors (Lipinski definition) is 1. The first-order valence-electron chi connectivity index (χ1n) is 19.8. The van der Waals surface area contributed by atoms with Gasteiger partial charge in [-0.1, -0.05) is 106 Å². The van der Waals surface area contributed by atoms with Crippen molar-refractivity contribution in [2.45, 2.75) is 141 Å². The zero-order valence-corrected chi connectivity index (χ0v) is 30.1. The number of carbonyl (C=O) groups is 1. The summed E-state index contributed by atoms with van der Waals surface area (Å²) in [4.78, 5) is 18.2. The maximum Gasteiger partial charge on any atom is 0.157 e. The van der Waals surface area contributed by atoms with Crippen molar-refractivity contribution in [3.05, 3.63) is 71.8 Å². The van der Waals surface area contributed by atoms with Gasteiger partial charge in [-0.05, 0) is 102 Å². The molecule has 2 heterocycles. The Labute approximate surface area is 293 Å². The SMILES string of the molecule is O=C(CCCCCCCCCCOC1CCCCO1)C1CCCCN1CCCNCCCCN(Cc1ccccc1)Cc1ccccc1. The molecule has 2 unspecified atom stereocenters. The summed E-state index contributed by atoms with van der Waals surface area (Å²) in [6.45, 7) is 9.04. The fraction of sp³-hybridized carbons (Fsp3) is 0.690. The highest BCUT2D eigenvalue weighted by Gasteiger charge is 2.27. The van der Waals surface area contributed by atoms with Crippen molar-refractivity contribution < 1.29 is 14.3 Å². The molecule has 0 saturated carbocycles. The number of Topliss-reactive ketones (excluding diaryl/α,β-unsaturated/α-hetero) is 1. The van der Waals surface area contributed by atoms with Crippen molar-refractivity contribution in [2.24, 2.45) is 0 Å². The van der Waals surface area contributed by atoms with E-state index in [2.05, 4.69) is 75.8 Å². The average Bonchev–Trinajstić information content (AvgIpc) is 3.13. The first-order valence-corrected chi connectivity index (χ1v) is 19.8. The van der Waals surface area contributed by atoms with Crippen LogP contribution in [0.4, 0.5) is 0 Å². The van der Waals surface area contributed by atoms with Gasteiger partial charge in [-0.3, -0.25) is 14.6 Å². The zero-order valence-electron chi connectivity index (χ0n) is 30.1. The normalized spacial score (nSPS) is 18.8. The van der Waals surface area contributed by atoms with E-state index in [1.807, 2.05) is 0 Å². The van der Waals surface area contributed by atoms with Crippen LogP contribution in [0, 0.1) is 0 Å². The van der Waals surface area contributed by atoms with Gasteiger partial charge in [0.2, 0.25) is 0 Å². The molecule has 6 nitrogen and oxygen atoms in total. The molecular weight excluding hydrogens is 594 g/mol. The first-order chi connectivity index (χ1) is 23.8. The van der Waals surface area contributed by atoms with Crippen LogP contribution in [0.2, 0.25) is 0 Å². The van der Waals surface area contributed by atoms with Crippen molar-refractivity contribution >= 4 is 5.78 Å². The van der Waals surface area contributed by atoms with Crippen LogP contribution in [0.3, 0.4) is 0 Å². The van der Waals surface area contributed by atoms with Crippen LogP contribution < -0.4 is 5.32 Å². The predicted octanol–water partition coefficient (Wildman–Crippen LogP) is 8.93. The predicted molar refractivity (Wildman–Crippen MR) is 199 cm³/mol. The Morgan fingerprint density at radius 1 is 0.729 bits per heavy atom. The lowest BCUT2D eigenvalue weighted by Gasteiger charge is -2.34. The standard InChI is InChI=1S/C42H67N3O3/c46-41(27-13-5-3-1-2-4-6-19-34-47-42-28-15-20-35-48-42)40-26-14-17-32-45(40)33-21-30-43-29-16-18-31-44(36-38-22-9-7-10-23-38)37-39-24-11-8-12-25-39/h7-12,22-25,40,42-43H,1-6,13-21,26-37H2. The van der Waals surface area contributed by atoms with Crippen molar-refractivity contribution in [3.63, 3.8) is 0 Å². The third-order valence-corrected chi connectivity index (χ3v) is 10.1. The molecule has 2 atom stereocenters. The lowest BCUT2D eigenvalue weighted by atomic mass is 9.95. The van der Waals surface area contributed by atoms with Gasteiger partial charge in [-0.15, -0.1) is 0 Å². The number of nitrogens with zero attached hydrogens (tertiary/aromatic N) is 2. The monoisotopic (exact) mass is 662 g/mol. The van der Waals surface area contributed by atoms with Crippen LogP contribution in [-0.2, 0) is 27.4 Å². The van der Waals surface area contributed by atoms with Crippen molar-refractivity contribution in [1.82, 2.24) is 15.1 Å². The van der Waals surface area contributed by atoms with E-state index in [4.69, 9.17) is 9.47 Å². The third-order valence-electron chi connectivity index (χ3n) is 10.1. The number of unbranched alkanes of at least 4 members (excludes halogenated alkanes) is 8. The van der Waals surface area contributed by atoms with E-state index in [0.29, 0.717) is 5.78 Å². The molecule has 2 saturated heterocycles. The summed E-state index contributed by atoms with van der Waals surface area (Å²) >= 11 is 0. The minimum absolute atomic E-state index is 0.0542. The summed E-state index contributed by atoms with van der Waals surface area (Å²) in [6.07, 6.45) is 21.1. The quantitative estimate of drug-likeness (QED) is 0.102. The largest absolute Gasteiger partial charge is 0.353 e. The molecule has 4 rings (SSSR count). The lowest BCUT2D eigenvalue weighted by Crippen LogP contribution is -2.45. The fourth-order valence-electron chi connectivity index (χ4n) is 7.32. The number of likely N-dealkylation sites (tertiary alicyclic amines) is 1. The van der Waals surface area contributed by atoms with Gasteiger partial charge in [-0.25, -0.2) is 0 Å². The van der Waals surface area contributed by atoms with Gasteiger partial charge in [0.15, 0.2) is 6.29 Å². The van der Waals surface area contributed by atoms with Gasteiger partial charge in [0.25, 0.3) is 0 Å². The number of ether oxygens (including phenoxy) is 2. The molecule has 2 fully saturated rings. The van der Waals surface area contributed by atoms with E-state index in [-0.39, 0.29) is 12.3 Å². The number of carbonyl (C=O) groups excluding carboxylic acids is 1. The molecule has 2 aromatic rings. The minimum Gasteiger partial charge on any atom is -0.353 e. The highest BCUT2D eigenvalue weighted by molar-refractivity contribution is 5.84. The Kier molecular flexibility index (Phi) is 20.1. The Morgan fingerprint density at radius 3 is 2.06 bits per heavy atom. The number of hydrogen-bond acceptors (Lipinski definition) is 6. The minimum atomic E-state index is 0.0542. The number of nitrogens with one attached hydrogen (secondary N) is 1. The molecule has 0 amide bonds. The number of ketones is 1. The van der Waals surface area contributed by atoms with Crippen LogP contribution in [0.25, 0.3) is 0 Å². The van der Waals surface area contributed by atoms with Crippen LogP contribution in [-0.4, -0.2) is 73.9 Å². The summed E-state index contributed by atoms with van der Waals surface area (Å²) in [5.74, 6) is 0.500. The summed E-state index contributed by atoms with van der Waals surface area (Å²) in [5, 5.41) is 3.69. The van der Waals surface area contributed by atoms with E-state index in [9.17, 15) is 4.79 Å². The fourth-order valence-corrected chi connectivity index (χ4v) is 7.32. The van der Waals surface area contributed by atoms with Crippen LogP contribution >= 0.6 is 0 Å². The second kappa shape index (κ2) is 25.0. The summed E-state index contributed by atoms with van der Waals surface area (Å²) < 4.78 is 11.5. The average molecular weight is 662 g/mol. The smallest absolute Gasteiger partial charge is 0.157 e. The Hall–Kier alpha value is -2.09. The molecular formula is C42H67N3O3. The number of rotatable bonds is 26. The van der Waals surface area contributed by atoms with Gasteiger partial charge in [0.05, 0.1) is 6.04 Å². The molecule has 268 valence electrons. The van der Waals surface area contributed by atoms with Gasteiger partial charge >= 0.3 is 0 Å². The Balaban J connectivity index is 0.987. The zero-order chi connectivity index (χ0) is 33.3. The molecule has 0 bridgehead atoms. The molecule has 48 heavy (non-hydrogen) atoms. The highest BCUT2D eigenvalue weighted by atomic mass is 16.7. The molecule has 0 spiro atoms.